The topological polar surface area (TPSA) is 59.9 Å². The van der Waals surface area contributed by atoms with E-state index in [9.17, 15) is 4.79 Å². The number of benzene rings is 2. The fraction of sp³-hybridized carbons (Fsp3) is 0.333. The third-order valence-corrected chi connectivity index (χ3v) is 7.57. The zero-order chi connectivity index (χ0) is 23.9. The standard InChI is InChI=1S/C27H29BrN2O3S/c1-3-33-22-16-18(15-21(28)25(22)32-2)17-29-27-24(26(31)30-19-11-7-6-8-12-19)20-13-9-4-5-10-14-23(20)34-27/h6-8,11-12,15-17H,3-5,9-10,13-14H2,1-2H3,(H,30,31). The summed E-state index contributed by atoms with van der Waals surface area (Å²) in [7, 11) is 1.62. The fourth-order valence-corrected chi connectivity index (χ4v) is 6.05. The normalized spacial score (nSPS) is 13.7. The highest BCUT2D eigenvalue weighted by Gasteiger charge is 2.24. The number of nitrogens with one attached hydrogen (secondary N) is 1. The number of anilines is 1. The first-order valence-electron chi connectivity index (χ1n) is 11.7. The Kier molecular flexibility index (Phi) is 8.40. The van der Waals surface area contributed by atoms with Gasteiger partial charge in [0, 0.05) is 16.8 Å². The Morgan fingerprint density at radius 3 is 2.65 bits per heavy atom. The molecule has 1 aliphatic rings. The highest BCUT2D eigenvalue weighted by atomic mass is 79.9. The zero-order valence-electron chi connectivity index (χ0n) is 19.5. The molecule has 1 amide bonds. The molecule has 1 aromatic heterocycles. The van der Waals surface area contributed by atoms with Gasteiger partial charge in [-0.1, -0.05) is 31.0 Å². The molecule has 5 nitrogen and oxygen atoms in total. The highest BCUT2D eigenvalue weighted by Crippen LogP contribution is 2.40. The molecule has 4 rings (SSSR count). The molecule has 34 heavy (non-hydrogen) atoms. The number of hydrogen-bond acceptors (Lipinski definition) is 5. The number of amides is 1. The Morgan fingerprint density at radius 2 is 1.91 bits per heavy atom. The monoisotopic (exact) mass is 540 g/mol. The van der Waals surface area contributed by atoms with Crippen LogP contribution >= 0.6 is 27.3 Å². The van der Waals surface area contributed by atoms with Crippen LogP contribution in [0.4, 0.5) is 10.7 Å². The number of methoxy groups -OCH3 is 1. The van der Waals surface area contributed by atoms with E-state index in [1.165, 1.54) is 17.7 Å². The molecule has 0 unspecified atom stereocenters. The van der Waals surface area contributed by atoms with Gasteiger partial charge < -0.3 is 14.8 Å². The van der Waals surface area contributed by atoms with E-state index in [1.807, 2.05) is 49.4 Å². The Morgan fingerprint density at radius 1 is 1.15 bits per heavy atom. The van der Waals surface area contributed by atoms with Gasteiger partial charge in [-0.25, -0.2) is 4.99 Å². The molecule has 0 saturated carbocycles. The van der Waals surface area contributed by atoms with E-state index >= 15 is 0 Å². The number of nitrogens with zero attached hydrogens (tertiary/aromatic N) is 1. The zero-order valence-corrected chi connectivity index (χ0v) is 21.9. The van der Waals surface area contributed by atoms with Crippen LogP contribution in [0.5, 0.6) is 11.5 Å². The Balaban J connectivity index is 1.71. The second kappa shape index (κ2) is 11.7. The number of aliphatic imine (C=N–C) groups is 1. The van der Waals surface area contributed by atoms with Crippen molar-refractivity contribution in [3.8, 4) is 11.5 Å². The van der Waals surface area contributed by atoms with Gasteiger partial charge >= 0.3 is 0 Å². The SMILES string of the molecule is CCOc1cc(C=Nc2sc3c(c2C(=O)Nc2ccccc2)CCCCCC3)cc(Br)c1OC. The van der Waals surface area contributed by atoms with Gasteiger partial charge in [0.15, 0.2) is 11.5 Å². The Hall–Kier alpha value is -2.64. The first kappa shape index (κ1) is 24.5. The number of rotatable bonds is 7. The third-order valence-electron chi connectivity index (χ3n) is 5.78. The average Bonchev–Trinajstić information content (AvgIpc) is 3.15. The molecule has 0 radical (unpaired) electrons. The van der Waals surface area contributed by atoms with E-state index in [1.54, 1.807) is 24.7 Å². The van der Waals surface area contributed by atoms with Crippen LogP contribution in [0.1, 0.15) is 59.0 Å². The van der Waals surface area contributed by atoms with Crippen LogP contribution < -0.4 is 14.8 Å². The molecule has 0 atom stereocenters. The maximum absolute atomic E-state index is 13.4. The molecule has 1 heterocycles. The lowest BCUT2D eigenvalue weighted by Gasteiger charge is -2.12. The van der Waals surface area contributed by atoms with E-state index in [4.69, 9.17) is 14.5 Å². The summed E-state index contributed by atoms with van der Waals surface area (Å²) in [6.45, 7) is 2.47. The molecular formula is C27H29BrN2O3S. The maximum atomic E-state index is 13.4. The number of carbonyl (C=O) groups excluding carboxylic acids is 1. The van der Waals surface area contributed by atoms with E-state index in [-0.39, 0.29) is 5.91 Å². The molecule has 2 aromatic carbocycles. The van der Waals surface area contributed by atoms with Crippen LogP contribution in [0.2, 0.25) is 0 Å². The summed E-state index contributed by atoms with van der Waals surface area (Å²) in [4.78, 5) is 19.5. The van der Waals surface area contributed by atoms with E-state index in [2.05, 4.69) is 21.2 Å². The van der Waals surface area contributed by atoms with Gasteiger partial charge in [-0.05, 0) is 83.9 Å². The molecular weight excluding hydrogens is 512 g/mol. The summed E-state index contributed by atoms with van der Waals surface area (Å²) in [5.41, 5.74) is 3.52. The van der Waals surface area contributed by atoms with Gasteiger partial charge in [-0.2, -0.15) is 0 Å². The average molecular weight is 542 g/mol. The van der Waals surface area contributed by atoms with Gasteiger partial charge in [-0.3, -0.25) is 4.79 Å². The van der Waals surface area contributed by atoms with E-state index < -0.39 is 0 Å². The molecule has 1 N–H and O–H groups in total. The summed E-state index contributed by atoms with van der Waals surface area (Å²) in [5, 5.41) is 3.82. The minimum atomic E-state index is -0.0951. The number of fused-ring (bicyclic) bond motifs is 1. The Labute approximate surface area is 213 Å². The number of hydrogen-bond donors (Lipinski definition) is 1. The molecule has 1 aliphatic carbocycles. The molecule has 0 saturated heterocycles. The molecule has 0 aliphatic heterocycles. The van der Waals surface area contributed by atoms with Crippen LogP contribution in [0, 0.1) is 0 Å². The van der Waals surface area contributed by atoms with Gasteiger partial charge in [0.2, 0.25) is 0 Å². The third kappa shape index (κ3) is 5.70. The number of thiophene rings is 1. The molecule has 3 aromatic rings. The van der Waals surface area contributed by atoms with Crippen LogP contribution in [0.15, 0.2) is 51.9 Å². The van der Waals surface area contributed by atoms with Crippen molar-refractivity contribution in [1.82, 2.24) is 0 Å². The second-order valence-electron chi connectivity index (χ2n) is 8.14. The number of ether oxygens (including phenoxy) is 2. The second-order valence-corrected chi connectivity index (χ2v) is 10.1. The number of aryl methyl sites for hydroxylation is 1. The lowest BCUT2D eigenvalue weighted by Crippen LogP contribution is -2.14. The van der Waals surface area contributed by atoms with E-state index in [0.29, 0.717) is 23.7 Å². The van der Waals surface area contributed by atoms with Crippen molar-refractivity contribution in [3.05, 3.63) is 68.5 Å². The Bertz CT molecular complexity index is 1170. The van der Waals surface area contributed by atoms with Crippen molar-refractivity contribution in [1.29, 1.82) is 0 Å². The van der Waals surface area contributed by atoms with Crippen LogP contribution in [-0.4, -0.2) is 25.8 Å². The van der Waals surface area contributed by atoms with Crippen molar-refractivity contribution in [2.24, 2.45) is 4.99 Å². The van der Waals surface area contributed by atoms with Crippen LogP contribution in [0.25, 0.3) is 0 Å². The van der Waals surface area contributed by atoms with Crippen molar-refractivity contribution in [2.75, 3.05) is 19.0 Å². The first-order chi connectivity index (χ1) is 16.6. The maximum Gasteiger partial charge on any atom is 0.259 e. The van der Waals surface area contributed by atoms with Crippen molar-refractivity contribution in [3.63, 3.8) is 0 Å². The minimum Gasteiger partial charge on any atom is -0.492 e. The summed E-state index contributed by atoms with van der Waals surface area (Å²) < 4.78 is 12.0. The summed E-state index contributed by atoms with van der Waals surface area (Å²) in [5.74, 6) is 1.21. The largest absolute Gasteiger partial charge is 0.492 e. The predicted octanol–water partition coefficient (Wildman–Crippen LogP) is 7.58. The van der Waals surface area contributed by atoms with Crippen LogP contribution in [-0.2, 0) is 12.8 Å². The van der Waals surface area contributed by atoms with E-state index in [0.717, 1.165) is 52.0 Å². The lowest BCUT2D eigenvalue weighted by atomic mass is 9.96. The number of halogens is 1. The summed E-state index contributed by atoms with van der Waals surface area (Å²) in [6.07, 6.45) is 8.41. The van der Waals surface area contributed by atoms with Gasteiger partial charge in [-0.15, -0.1) is 11.3 Å². The lowest BCUT2D eigenvalue weighted by molar-refractivity contribution is 0.102. The smallest absolute Gasteiger partial charge is 0.259 e. The van der Waals surface area contributed by atoms with Gasteiger partial charge in [0.1, 0.15) is 5.00 Å². The fourth-order valence-electron chi connectivity index (χ4n) is 4.20. The van der Waals surface area contributed by atoms with Crippen LogP contribution in [0.3, 0.4) is 0 Å². The molecule has 178 valence electrons. The quantitative estimate of drug-likeness (QED) is 0.314. The van der Waals surface area contributed by atoms with Crippen molar-refractivity contribution < 1.29 is 14.3 Å². The summed E-state index contributed by atoms with van der Waals surface area (Å²) >= 11 is 5.21. The van der Waals surface area contributed by atoms with Gasteiger partial charge in [0.05, 0.1) is 23.8 Å². The summed E-state index contributed by atoms with van der Waals surface area (Å²) in [6, 6.07) is 13.4. The van der Waals surface area contributed by atoms with Gasteiger partial charge in [0.25, 0.3) is 5.91 Å². The molecule has 0 bridgehead atoms. The molecule has 7 heteroatoms. The number of carbonyl (C=O) groups is 1. The first-order valence-corrected chi connectivity index (χ1v) is 13.3. The molecule has 0 spiro atoms. The predicted molar refractivity (Wildman–Crippen MR) is 144 cm³/mol. The van der Waals surface area contributed by atoms with Crippen molar-refractivity contribution in [2.45, 2.75) is 45.4 Å². The highest BCUT2D eigenvalue weighted by molar-refractivity contribution is 9.10. The molecule has 0 fully saturated rings. The van der Waals surface area contributed by atoms with Crippen molar-refractivity contribution >= 4 is 50.1 Å². The minimum absolute atomic E-state index is 0.0951. The number of para-hydroxylation sites is 1.